The van der Waals surface area contributed by atoms with Gasteiger partial charge in [-0.2, -0.15) is 0 Å². The van der Waals surface area contributed by atoms with Crippen molar-refractivity contribution in [2.45, 2.75) is 195 Å². The molecule has 2 rings (SSSR count). The van der Waals surface area contributed by atoms with Crippen LogP contribution in [0.2, 0.25) is 0 Å². The molecule has 0 bridgehead atoms. The summed E-state index contributed by atoms with van der Waals surface area (Å²) in [7, 11) is 0. The second kappa shape index (κ2) is 35.7. The molecule has 1 N–H and O–H groups in total. The van der Waals surface area contributed by atoms with Crippen molar-refractivity contribution in [3.8, 4) is 5.75 Å². The molecule has 0 aliphatic rings. The molecular weight excluding hydrogens is 597 g/mol. The lowest BCUT2D eigenvalue weighted by Crippen LogP contribution is -2.25. The van der Waals surface area contributed by atoms with Crippen LogP contribution in [0.4, 0.5) is 11.4 Å². The third-order valence-electron chi connectivity index (χ3n) is 9.69. The fourth-order valence-corrected chi connectivity index (χ4v) is 6.56. The molecule has 0 radical (unpaired) electrons. The van der Waals surface area contributed by atoms with Gasteiger partial charge in [0.2, 0.25) is 0 Å². The maximum absolute atomic E-state index is 5.95. The van der Waals surface area contributed by atoms with E-state index in [1.54, 1.807) is 0 Å². The fourth-order valence-electron chi connectivity index (χ4n) is 6.56. The van der Waals surface area contributed by atoms with Crippen LogP contribution in [0.15, 0.2) is 54.6 Å². The van der Waals surface area contributed by atoms with Crippen molar-refractivity contribution < 1.29 is 4.74 Å². The molecule has 2 aromatic rings. The van der Waals surface area contributed by atoms with E-state index in [1.807, 2.05) is 6.07 Å². The van der Waals surface area contributed by atoms with Gasteiger partial charge in [-0.3, -0.25) is 0 Å². The second-order valence-corrected chi connectivity index (χ2v) is 14.3. The van der Waals surface area contributed by atoms with Crippen molar-refractivity contribution >= 4 is 11.4 Å². The molecule has 2 aromatic carbocycles. The van der Waals surface area contributed by atoms with E-state index in [-0.39, 0.29) is 0 Å². The number of nitrogens with one attached hydrogen (secondary N) is 1. The van der Waals surface area contributed by atoms with Crippen molar-refractivity contribution in [3.05, 3.63) is 54.6 Å². The highest BCUT2D eigenvalue weighted by atomic mass is 16.5. The van der Waals surface area contributed by atoms with Crippen molar-refractivity contribution in [2.75, 3.05) is 36.5 Å². The molecule has 0 spiro atoms. The van der Waals surface area contributed by atoms with Crippen LogP contribution in [-0.2, 0) is 0 Å². The van der Waals surface area contributed by atoms with E-state index in [4.69, 9.17) is 4.74 Å². The molecule has 0 unspecified atom stereocenters. The highest BCUT2D eigenvalue weighted by Crippen LogP contribution is 2.24. The first-order valence-corrected chi connectivity index (χ1v) is 21.5. The minimum Gasteiger partial charge on any atom is -0.491 e. The molecule has 0 heterocycles. The quantitative estimate of drug-likeness (QED) is 0.0760. The lowest BCUT2D eigenvalue weighted by atomic mass is 10.0. The Labute approximate surface area is 306 Å². The summed E-state index contributed by atoms with van der Waals surface area (Å²) in [4.78, 5) is 2.57. The molecule has 49 heavy (non-hydrogen) atoms. The number of anilines is 2. The smallest absolute Gasteiger partial charge is 0.142 e. The van der Waals surface area contributed by atoms with E-state index in [0.29, 0.717) is 0 Å². The van der Waals surface area contributed by atoms with Crippen LogP contribution in [0.5, 0.6) is 5.75 Å². The summed E-state index contributed by atoms with van der Waals surface area (Å²) in [6.45, 7) is 13.2. The molecule has 0 saturated carbocycles. The summed E-state index contributed by atoms with van der Waals surface area (Å²) >= 11 is 0. The Morgan fingerprint density at radius 3 is 1.33 bits per heavy atom. The number of unbranched alkanes of at least 4 members (excludes halogenated alkanes) is 23. The van der Waals surface area contributed by atoms with Crippen molar-refractivity contribution in [2.24, 2.45) is 0 Å². The average Bonchev–Trinajstić information content (AvgIpc) is 3.13. The van der Waals surface area contributed by atoms with E-state index in [2.05, 4.69) is 86.4 Å². The van der Waals surface area contributed by atoms with Gasteiger partial charge in [-0.25, -0.2) is 0 Å². The van der Waals surface area contributed by atoms with Crippen LogP contribution in [0.25, 0.3) is 0 Å². The molecule has 0 saturated heterocycles. The van der Waals surface area contributed by atoms with Gasteiger partial charge >= 0.3 is 0 Å². The first-order chi connectivity index (χ1) is 24.3. The molecule has 0 aliphatic heterocycles. The maximum atomic E-state index is 5.95. The number of rotatable bonds is 33. The third-order valence-corrected chi connectivity index (χ3v) is 9.69. The summed E-state index contributed by atoms with van der Waals surface area (Å²) in [6.07, 6.45) is 36.3. The largest absolute Gasteiger partial charge is 0.491 e. The highest BCUT2D eigenvalue weighted by molar-refractivity contribution is 5.56. The van der Waals surface area contributed by atoms with Crippen LogP contribution in [-0.4, -0.2) is 26.2 Å². The van der Waals surface area contributed by atoms with Crippen LogP contribution < -0.4 is 15.0 Å². The van der Waals surface area contributed by atoms with E-state index in [9.17, 15) is 0 Å². The number of hydrogen-bond acceptors (Lipinski definition) is 3. The number of para-hydroxylation sites is 3. The zero-order valence-electron chi connectivity index (χ0n) is 33.3. The van der Waals surface area contributed by atoms with E-state index < -0.39 is 0 Å². The number of benzene rings is 2. The van der Waals surface area contributed by atoms with Crippen molar-refractivity contribution in [1.29, 1.82) is 0 Å². The molecule has 0 aromatic heterocycles. The Hall–Kier alpha value is -2.16. The lowest BCUT2D eigenvalue weighted by molar-refractivity contribution is 0.305. The number of nitrogens with zero attached hydrogens (tertiary/aromatic N) is 1. The summed E-state index contributed by atoms with van der Waals surface area (Å²) in [5, 5.41) is 3.36. The van der Waals surface area contributed by atoms with Gasteiger partial charge in [0, 0.05) is 25.3 Å². The summed E-state index contributed by atoms with van der Waals surface area (Å²) in [5.41, 5.74) is 2.51. The normalized spacial score (nSPS) is 10.9. The first kappa shape index (κ1) is 44.9. The van der Waals surface area contributed by atoms with Gasteiger partial charge in [-0.05, 0) is 50.5 Å². The topological polar surface area (TPSA) is 24.5 Å². The van der Waals surface area contributed by atoms with Gasteiger partial charge in [0.25, 0.3) is 0 Å². The lowest BCUT2D eigenvalue weighted by Gasteiger charge is -2.24. The first-order valence-electron chi connectivity index (χ1n) is 21.5. The zero-order valence-corrected chi connectivity index (χ0v) is 33.3. The molecule has 0 amide bonds. The number of hydrogen-bond donors (Lipinski definition) is 1. The molecule has 3 heteroatoms. The molecule has 0 fully saturated rings. The van der Waals surface area contributed by atoms with Crippen LogP contribution in [0.3, 0.4) is 0 Å². The van der Waals surface area contributed by atoms with Gasteiger partial charge in [-0.15, -0.1) is 0 Å². The Balaban J connectivity index is 0.000000510. The maximum Gasteiger partial charge on any atom is 0.142 e. The molecule has 282 valence electrons. The van der Waals surface area contributed by atoms with Crippen molar-refractivity contribution in [3.63, 3.8) is 0 Å². The van der Waals surface area contributed by atoms with E-state index >= 15 is 0 Å². The van der Waals surface area contributed by atoms with Gasteiger partial charge in [0.15, 0.2) is 0 Å². The standard InChI is InChI=1S/C26H47NO.C20H35N/c1-3-5-6-7-8-9-10-11-12-13-14-15-16-17-18-21-24-28-26-23-20-19-22-25(26)27-4-2;1-3-5-7-8-9-10-11-15-19-21(18-6-4-2)20-16-13-12-14-17-20/h19-20,22-23,27H,3-18,21,24H2,1-2H3;12-14,16-17H,3-11,15,18-19H2,1-2H3. The average molecular weight is 679 g/mol. The zero-order chi connectivity index (χ0) is 35.3. The highest BCUT2D eigenvalue weighted by Gasteiger charge is 2.05. The van der Waals surface area contributed by atoms with Gasteiger partial charge in [-0.1, -0.05) is 199 Å². The fraction of sp³-hybridized carbons (Fsp3) is 0.739. The van der Waals surface area contributed by atoms with Crippen molar-refractivity contribution in [1.82, 2.24) is 0 Å². The molecule has 0 atom stereocenters. The van der Waals surface area contributed by atoms with Crippen LogP contribution >= 0.6 is 0 Å². The molecular formula is C46H82N2O. The van der Waals surface area contributed by atoms with Crippen LogP contribution in [0, 0.1) is 0 Å². The SMILES string of the molecule is CCCCCCCCCCCCCCCCCCOc1ccccc1NCC.CCCCCCCCCCN(CCCC)c1ccccc1. The Bertz CT molecular complexity index is 916. The molecule has 0 aliphatic carbocycles. The second-order valence-electron chi connectivity index (χ2n) is 14.3. The van der Waals surface area contributed by atoms with Gasteiger partial charge in [0.05, 0.1) is 12.3 Å². The van der Waals surface area contributed by atoms with Crippen LogP contribution in [0.1, 0.15) is 195 Å². The molecule has 3 nitrogen and oxygen atoms in total. The Kier molecular flexibility index (Phi) is 32.6. The van der Waals surface area contributed by atoms with Gasteiger partial charge in [0.1, 0.15) is 5.75 Å². The third kappa shape index (κ3) is 27.3. The predicted molar refractivity (Wildman–Crippen MR) is 222 cm³/mol. The minimum atomic E-state index is 0.834. The summed E-state index contributed by atoms with van der Waals surface area (Å²) in [6, 6.07) is 19.2. The van der Waals surface area contributed by atoms with E-state index in [1.165, 1.54) is 186 Å². The minimum absolute atomic E-state index is 0.834. The van der Waals surface area contributed by atoms with E-state index in [0.717, 1.165) is 24.6 Å². The predicted octanol–water partition coefficient (Wildman–Crippen LogP) is 15.2. The van der Waals surface area contributed by atoms with Gasteiger partial charge < -0.3 is 15.0 Å². The summed E-state index contributed by atoms with van der Waals surface area (Å²) in [5.74, 6) is 0.991. The Morgan fingerprint density at radius 1 is 0.429 bits per heavy atom. The monoisotopic (exact) mass is 679 g/mol. The number of ether oxygens (including phenoxy) is 1. The summed E-state index contributed by atoms with van der Waals surface area (Å²) < 4.78 is 5.95. The Morgan fingerprint density at radius 2 is 0.837 bits per heavy atom.